The summed E-state index contributed by atoms with van der Waals surface area (Å²) in [6.07, 6.45) is -2.17. The Morgan fingerprint density at radius 3 is 2.67 bits per heavy atom. The van der Waals surface area contributed by atoms with Crippen molar-refractivity contribution in [1.29, 1.82) is 0 Å². The van der Waals surface area contributed by atoms with E-state index < -0.39 is 33.5 Å². The molecule has 0 aromatic rings. The van der Waals surface area contributed by atoms with Crippen molar-refractivity contribution in [3.63, 3.8) is 0 Å². The highest BCUT2D eigenvalue weighted by Gasteiger charge is 2.75. The number of aliphatic hydroxyl groups excluding tert-OH is 1. The van der Waals surface area contributed by atoms with Gasteiger partial charge in [0.05, 0.1) is 0 Å². The lowest BCUT2D eigenvalue weighted by Crippen LogP contribution is -2.48. The van der Waals surface area contributed by atoms with Crippen LogP contribution in [0.15, 0.2) is 0 Å². The third-order valence-corrected chi connectivity index (χ3v) is 4.86. The summed E-state index contributed by atoms with van der Waals surface area (Å²) in [4.78, 5) is 11.6. The van der Waals surface area contributed by atoms with Gasteiger partial charge in [0, 0.05) is 0 Å². The molecule has 3 aliphatic rings. The molecule has 1 saturated carbocycles. The molecule has 2 aliphatic heterocycles. The molecule has 84 valence electrons. The minimum absolute atomic E-state index is 0.343. The Morgan fingerprint density at radius 1 is 1.33 bits per heavy atom. The van der Waals surface area contributed by atoms with Crippen LogP contribution in [0.1, 0.15) is 13.8 Å². The largest absolute Gasteiger partial charge is 0.455 e. The average molecular weight is 326 g/mol. The highest BCUT2D eigenvalue weighted by atomic mass is 127. The van der Waals surface area contributed by atoms with Crippen LogP contribution >= 0.6 is 22.6 Å². The van der Waals surface area contributed by atoms with Crippen molar-refractivity contribution in [3.05, 3.63) is 0 Å². The van der Waals surface area contributed by atoms with Gasteiger partial charge in [-0.2, -0.15) is 0 Å². The molecular formula is C9H11IO5. The summed E-state index contributed by atoms with van der Waals surface area (Å²) in [7, 11) is 0. The first kappa shape index (κ1) is 10.2. The van der Waals surface area contributed by atoms with E-state index in [1.54, 1.807) is 13.8 Å². The predicted molar refractivity (Wildman–Crippen MR) is 56.5 cm³/mol. The fourth-order valence-electron chi connectivity index (χ4n) is 2.52. The molecule has 6 heteroatoms. The number of alkyl halides is 1. The molecular weight excluding hydrogens is 315 g/mol. The Bertz CT molecular complexity index is 343. The van der Waals surface area contributed by atoms with Gasteiger partial charge in [0.25, 0.3) is 0 Å². The summed E-state index contributed by atoms with van der Waals surface area (Å²) in [6, 6.07) is 0. The third-order valence-electron chi connectivity index (χ3n) is 3.16. The van der Waals surface area contributed by atoms with Crippen LogP contribution in [0.25, 0.3) is 0 Å². The number of carbonyl (C=O) groups excluding carboxylic acids is 1. The van der Waals surface area contributed by atoms with Crippen LogP contribution in [0.4, 0.5) is 0 Å². The highest BCUT2D eigenvalue weighted by Crippen LogP contribution is 2.54. The second-order valence-corrected chi connectivity index (χ2v) is 6.39. The number of esters is 1. The number of fused-ring (bicyclic) bond motifs is 5. The quantitative estimate of drug-likeness (QED) is 0.385. The first-order chi connectivity index (χ1) is 6.86. The molecule has 3 fully saturated rings. The Balaban J connectivity index is 2.02. The van der Waals surface area contributed by atoms with Gasteiger partial charge in [-0.05, 0) is 13.8 Å². The van der Waals surface area contributed by atoms with Gasteiger partial charge in [0.2, 0.25) is 0 Å². The molecule has 15 heavy (non-hydrogen) atoms. The maximum absolute atomic E-state index is 11.6. The molecule has 0 aromatic carbocycles. The molecule has 2 heterocycles. The number of hydrogen-bond donors (Lipinski definition) is 1. The van der Waals surface area contributed by atoms with Crippen molar-refractivity contribution in [3.8, 4) is 0 Å². The van der Waals surface area contributed by atoms with Crippen molar-refractivity contribution >= 4 is 28.6 Å². The minimum Gasteiger partial charge on any atom is -0.455 e. The first-order valence-electron chi connectivity index (χ1n) is 4.80. The van der Waals surface area contributed by atoms with E-state index in [-0.39, 0.29) is 6.10 Å². The molecule has 0 amide bonds. The third kappa shape index (κ3) is 1.06. The van der Waals surface area contributed by atoms with Crippen LogP contribution in [-0.4, -0.2) is 44.7 Å². The van der Waals surface area contributed by atoms with Gasteiger partial charge < -0.3 is 19.3 Å². The molecule has 0 radical (unpaired) electrons. The van der Waals surface area contributed by atoms with Crippen LogP contribution in [-0.2, 0) is 19.0 Å². The van der Waals surface area contributed by atoms with E-state index in [1.165, 1.54) is 0 Å². The Labute approximate surface area is 100 Å². The molecule has 0 spiro atoms. The second kappa shape index (κ2) is 2.66. The molecule has 1 N–H and O–H groups in total. The fourth-order valence-corrected chi connectivity index (χ4v) is 3.49. The predicted octanol–water partition coefficient (Wildman–Crippen LogP) is -0.0198. The summed E-state index contributed by atoms with van der Waals surface area (Å²) < 4.78 is 15.4. The van der Waals surface area contributed by atoms with Gasteiger partial charge in [-0.15, -0.1) is 0 Å². The SMILES string of the molecule is CC1(C)O[C@H]2[C@H]3OC(=O)[C@](I)([C@H]3O)[C@H]2O1. The van der Waals surface area contributed by atoms with Crippen molar-refractivity contribution < 1.29 is 24.1 Å². The summed E-state index contributed by atoms with van der Waals surface area (Å²) in [5.74, 6) is -1.11. The smallest absolute Gasteiger partial charge is 0.328 e. The number of rotatable bonds is 0. The van der Waals surface area contributed by atoms with Crippen molar-refractivity contribution in [1.82, 2.24) is 0 Å². The second-order valence-electron chi connectivity index (χ2n) is 4.60. The van der Waals surface area contributed by atoms with Crippen LogP contribution < -0.4 is 0 Å². The van der Waals surface area contributed by atoms with Crippen LogP contribution in [0.5, 0.6) is 0 Å². The van der Waals surface area contributed by atoms with Gasteiger partial charge in [0.15, 0.2) is 15.3 Å². The molecule has 5 nitrogen and oxygen atoms in total. The molecule has 0 unspecified atom stereocenters. The zero-order valence-corrected chi connectivity index (χ0v) is 10.4. The fraction of sp³-hybridized carbons (Fsp3) is 0.889. The maximum atomic E-state index is 11.6. The van der Waals surface area contributed by atoms with E-state index in [2.05, 4.69) is 0 Å². The van der Waals surface area contributed by atoms with Crippen LogP contribution in [0, 0.1) is 0 Å². The number of hydrogen-bond acceptors (Lipinski definition) is 5. The van der Waals surface area contributed by atoms with E-state index in [4.69, 9.17) is 14.2 Å². The van der Waals surface area contributed by atoms with Gasteiger partial charge >= 0.3 is 5.97 Å². The molecule has 2 saturated heterocycles. The number of carbonyl (C=O) groups is 1. The van der Waals surface area contributed by atoms with Gasteiger partial charge in [0.1, 0.15) is 18.3 Å². The lowest BCUT2D eigenvalue weighted by atomic mass is 10.0. The number of ether oxygens (including phenoxy) is 3. The van der Waals surface area contributed by atoms with Crippen molar-refractivity contribution in [2.24, 2.45) is 0 Å². The minimum atomic E-state index is -0.999. The molecule has 1 aliphatic carbocycles. The van der Waals surface area contributed by atoms with E-state index >= 15 is 0 Å². The molecule has 3 rings (SSSR count). The lowest BCUT2D eigenvalue weighted by molar-refractivity contribution is -0.167. The summed E-state index contributed by atoms with van der Waals surface area (Å²) in [5, 5.41) is 9.92. The Kier molecular flexibility index (Phi) is 1.82. The van der Waals surface area contributed by atoms with E-state index in [9.17, 15) is 9.90 Å². The molecule has 0 aromatic heterocycles. The Morgan fingerprint density at radius 2 is 2.00 bits per heavy atom. The standard InChI is InChI=1S/C9H11IO5/c1-8(2)14-4-3-5(11)9(10,6(4)15-8)7(12)13-3/h3-6,11H,1-2H3/t3-,4+,5+,6+,9+/m1/s1. The van der Waals surface area contributed by atoms with E-state index in [1.807, 2.05) is 22.6 Å². The van der Waals surface area contributed by atoms with Crippen LogP contribution in [0.3, 0.4) is 0 Å². The van der Waals surface area contributed by atoms with Gasteiger partial charge in [-0.3, -0.25) is 4.79 Å². The first-order valence-corrected chi connectivity index (χ1v) is 5.88. The topological polar surface area (TPSA) is 65.0 Å². The van der Waals surface area contributed by atoms with Crippen molar-refractivity contribution in [2.45, 2.75) is 47.5 Å². The molecule has 2 bridgehead atoms. The number of aliphatic hydroxyl groups is 1. The highest BCUT2D eigenvalue weighted by molar-refractivity contribution is 14.1. The maximum Gasteiger partial charge on any atom is 0.328 e. The van der Waals surface area contributed by atoms with E-state index in [0.717, 1.165) is 0 Å². The zero-order chi connectivity index (χ0) is 11.0. The van der Waals surface area contributed by atoms with Gasteiger partial charge in [-0.25, -0.2) is 0 Å². The van der Waals surface area contributed by atoms with Gasteiger partial charge in [-0.1, -0.05) is 22.6 Å². The molecule has 5 atom stereocenters. The van der Waals surface area contributed by atoms with E-state index in [0.29, 0.717) is 0 Å². The summed E-state index contributed by atoms with van der Waals surface area (Å²) in [6.45, 7) is 3.59. The summed E-state index contributed by atoms with van der Waals surface area (Å²) in [5.41, 5.74) is 0. The lowest BCUT2D eigenvalue weighted by Gasteiger charge is -2.26. The van der Waals surface area contributed by atoms with Crippen molar-refractivity contribution in [2.75, 3.05) is 0 Å². The average Bonchev–Trinajstić information content (AvgIpc) is 2.61. The number of halogens is 1. The Hall–Kier alpha value is 0.0800. The van der Waals surface area contributed by atoms with Crippen LogP contribution in [0.2, 0.25) is 0 Å². The normalized spacial score (nSPS) is 55.6. The summed E-state index contributed by atoms with van der Waals surface area (Å²) >= 11 is 1.93. The zero-order valence-electron chi connectivity index (χ0n) is 8.27. The monoisotopic (exact) mass is 326 g/mol.